The monoisotopic (exact) mass is 228 g/mol. The molecule has 4 heteroatoms. The molecule has 15 heavy (non-hydrogen) atoms. The molecule has 2 unspecified atom stereocenters. The lowest BCUT2D eigenvalue weighted by molar-refractivity contribution is 0.187. The Balaban J connectivity index is 1.78. The molecule has 2 aliphatic rings. The van der Waals surface area contributed by atoms with Crippen molar-refractivity contribution in [2.75, 3.05) is 25.5 Å². The molecule has 0 spiro atoms. The first-order valence-electron chi connectivity index (χ1n) is 5.90. The second-order valence-corrected chi connectivity index (χ2v) is 5.35. The van der Waals surface area contributed by atoms with Crippen molar-refractivity contribution in [3.63, 3.8) is 0 Å². The largest absolute Gasteiger partial charge is 0.381 e. The van der Waals surface area contributed by atoms with E-state index >= 15 is 0 Å². The van der Waals surface area contributed by atoms with Gasteiger partial charge in [0.25, 0.3) is 0 Å². The normalized spacial score (nSPS) is 34.3. The molecule has 0 saturated carbocycles. The molecule has 2 heterocycles. The third-order valence-electron chi connectivity index (χ3n) is 3.04. The van der Waals surface area contributed by atoms with Crippen LogP contribution < -0.4 is 5.32 Å². The van der Waals surface area contributed by atoms with E-state index in [4.69, 9.17) is 4.74 Å². The summed E-state index contributed by atoms with van der Waals surface area (Å²) in [4.78, 5) is 4.65. The molecule has 3 nitrogen and oxygen atoms in total. The minimum Gasteiger partial charge on any atom is -0.381 e. The Morgan fingerprint density at radius 2 is 2.47 bits per heavy atom. The maximum Gasteiger partial charge on any atom is 0.156 e. The second-order valence-electron chi connectivity index (χ2n) is 4.26. The van der Waals surface area contributed by atoms with E-state index in [0.29, 0.717) is 12.0 Å². The van der Waals surface area contributed by atoms with E-state index in [-0.39, 0.29) is 0 Å². The average Bonchev–Trinajstić information content (AvgIpc) is 2.79. The smallest absolute Gasteiger partial charge is 0.156 e. The van der Waals surface area contributed by atoms with Crippen LogP contribution >= 0.6 is 11.8 Å². The first kappa shape index (κ1) is 11.3. The maximum atomic E-state index is 5.34. The van der Waals surface area contributed by atoms with Gasteiger partial charge in [-0.1, -0.05) is 18.7 Å². The Kier molecular flexibility index (Phi) is 4.32. The molecule has 1 N–H and O–H groups in total. The predicted molar refractivity (Wildman–Crippen MR) is 65.5 cm³/mol. The molecule has 86 valence electrons. The fourth-order valence-electron chi connectivity index (χ4n) is 1.92. The van der Waals surface area contributed by atoms with Gasteiger partial charge in [0.1, 0.15) is 0 Å². The Bertz CT molecular complexity index is 227. The third kappa shape index (κ3) is 3.38. The summed E-state index contributed by atoms with van der Waals surface area (Å²) < 4.78 is 5.34. The van der Waals surface area contributed by atoms with Gasteiger partial charge in [-0.3, -0.25) is 4.99 Å². The Labute approximate surface area is 96.1 Å². The van der Waals surface area contributed by atoms with Crippen LogP contribution in [0.4, 0.5) is 0 Å². The van der Waals surface area contributed by atoms with Gasteiger partial charge in [0, 0.05) is 30.9 Å². The molecule has 2 aliphatic heterocycles. The number of ether oxygens (including phenoxy) is 1. The number of rotatable bonds is 3. The molecule has 0 radical (unpaired) electrons. The van der Waals surface area contributed by atoms with E-state index in [2.05, 4.69) is 17.2 Å². The van der Waals surface area contributed by atoms with Crippen molar-refractivity contribution in [3.8, 4) is 0 Å². The summed E-state index contributed by atoms with van der Waals surface area (Å²) in [7, 11) is 0. The minimum atomic E-state index is 0.643. The predicted octanol–water partition coefficient (Wildman–Crippen LogP) is 1.88. The van der Waals surface area contributed by atoms with Crippen LogP contribution in [0.25, 0.3) is 0 Å². The molecular weight excluding hydrogens is 208 g/mol. The van der Waals surface area contributed by atoms with Gasteiger partial charge in [0.05, 0.1) is 6.61 Å². The van der Waals surface area contributed by atoms with Gasteiger partial charge in [-0.2, -0.15) is 0 Å². The molecule has 2 saturated heterocycles. The molecule has 0 aromatic rings. The summed E-state index contributed by atoms with van der Waals surface area (Å²) in [5, 5.41) is 4.65. The molecule has 0 bridgehead atoms. The number of amidine groups is 1. The van der Waals surface area contributed by atoms with Crippen molar-refractivity contribution in [3.05, 3.63) is 0 Å². The highest BCUT2D eigenvalue weighted by molar-refractivity contribution is 8.13. The zero-order valence-corrected chi connectivity index (χ0v) is 10.2. The number of thioether (sulfide) groups is 1. The summed E-state index contributed by atoms with van der Waals surface area (Å²) in [6.45, 7) is 4.99. The average molecular weight is 228 g/mol. The van der Waals surface area contributed by atoms with E-state index in [0.717, 1.165) is 24.9 Å². The summed E-state index contributed by atoms with van der Waals surface area (Å²) in [5.41, 5.74) is 0. The molecule has 2 rings (SSSR count). The van der Waals surface area contributed by atoms with Crippen LogP contribution in [0.5, 0.6) is 0 Å². The molecular formula is C11H20N2OS. The van der Waals surface area contributed by atoms with Crippen molar-refractivity contribution < 1.29 is 4.74 Å². The van der Waals surface area contributed by atoms with E-state index in [1.807, 2.05) is 11.8 Å². The highest BCUT2D eigenvalue weighted by atomic mass is 32.2. The molecule has 2 fully saturated rings. The fourth-order valence-corrected chi connectivity index (χ4v) is 2.93. The van der Waals surface area contributed by atoms with Crippen LogP contribution in [0.2, 0.25) is 0 Å². The number of nitrogens with zero attached hydrogens (tertiary/aromatic N) is 1. The lowest BCUT2D eigenvalue weighted by Gasteiger charge is -2.24. The highest BCUT2D eigenvalue weighted by Gasteiger charge is 2.18. The van der Waals surface area contributed by atoms with E-state index in [1.165, 1.54) is 25.0 Å². The van der Waals surface area contributed by atoms with E-state index in [9.17, 15) is 0 Å². The van der Waals surface area contributed by atoms with Gasteiger partial charge >= 0.3 is 0 Å². The summed E-state index contributed by atoms with van der Waals surface area (Å²) in [5.74, 6) is 1.87. The topological polar surface area (TPSA) is 33.6 Å². The number of nitrogens with one attached hydrogen (secondary N) is 1. The van der Waals surface area contributed by atoms with Gasteiger partial charge < -0.3 is 10.1 Å². The lowest BCUT2D eigenvalue weighted by atomic mass is 10.1. The lowest BCUT2D eigenvalue weighted by Crippen LogP contribution is -2.37. The standard InChI is InChI=1S/C11H20N2OS/c1-2-10-4-6-15-11(13-10)12-7-9-3-5-14-8-9/h9-10H,2-8H2,1H3,(H,12,13). The zero-order chi connectivity index (χ0) is 10.5. The first-order valence-corrected chi connectivity index (χ1v) is 6.88. The van der Waals surface area contributed by atoms with Gasteiger partial charge in [-0.25, -0.2) is 0 Å². The summed E-state index contributed by atoms with van der Waals surface area (Å²) in [6.07, 6.45) is 3.65. The number of aliphatic imine (C=N–C) groups is 1. The van der Waals surface area contributed by atoms with Crippen LogP contribution in [0.3, 0.4) is 0 Å². The van der Waals surface area contributed by atoms with Gasteiger partial charge in [0.15, 0.2) is 5.17 Å². The third-order valence-corrected chi connectivity index (χ3v) is 4.00. The SMILES string of the molecule is CCC1CCSC(=NCC2CCOC2)N1. The van der Waals surface area contributed by atoms with Crippen LogP contribution in [0.15, 0.2) is 4.99 Å². The van der Waals surface area contributed by atoms with Gasteiger partial charge in [0.2, 0.25) is 0 Å². The molecule has 0 aromatic carbocycles. The maximum absolute atomic E-state index is 5.34. The van der Waals surface area contributed by atoms with Gasteiger partial charge in [-0.05, 0) is 19.3 Å². The van der Waals surface area contributed by atoms with Crippen molar-refractivity contribution in [2.24, 2.45) is 10.9 Å². The zero-order valence-electron chi connectivity index (χ0n) is 9.37. The summed E-state index contributed by atoms with van der Waals surface area (Å²) >= 11 is 1.86. The summed E-state index contributed by atoms with van der Waals surface area (Å²) in [6, 6.07) is 0.643. The number of hydrogen-bond donors (Lipinski definition) is 1. The van der Waals surface area contributed by atoms with Crippen molar-refractivity contribution in [1.29, 1.82) is 0 Å². The van der Waals surface area contributed by atoms with E-state index in [1.54, 1.807) is 0 Å². The van der Waals surface area contributed by atoms with Crippen LogP contribution in [-0.4, -0.2) is 36.7 Å². The van der Waals surface area contributed by atoms with Gasteiger partial charge in [-0.15, -0.1) is 0 Å². The minimum absolute atomic E-state index is 0.643. The molecule has 2 atom stereocenters. The highest BCUT2D eigenvalue weighted by Crippen LogP contribution is 2.17. The Morgan fingerprint density at radius 3 is 3.20 bits per heavy atom. The van der Waals surface area contributed by atoms with E-state index < -0.39 is 0 Å². The van der Waals surface area contributed by atoms with Crippen molar-refractivity contribution >= 4 is 16.9 Å². The van der Waals surface area contributed by atoms with Crippen LogP contribution in [0, 0.1) is 5.92 Å². The first-order chi connectivity index (χ1) is 7.38. The van der Waals surface area contributed by atoms with Crippen LogP contribution in [-0.2, 0) is 4.74 Å². The quantitative estimate of drug-likeness (QED) is 0.801. The van der Waals surface area contributed by atoms with Crippen molar-refractivity contribution in [2.45, 2.75) is 32.2 Å². The number of hydrogen-bond acceptors (Lipinski definition) is 3. The Morgan fingerprint density at radius 1 is 1.53 bits per heavy atom. The molecule has 0 aromatic heterocycles. The Hall–Kier alpha value is -0.220. The molecule has 0 aliphatic carbocycles. The fraction of sp³-hybridized carbons (Fsp3) is 0.909. The van der Waals surface area contributed by atoms with Crippen LogP contribution in [0.1, 0.15) is 26.2 Å². The molecule has 0 amide bonds. The van der Waals surface area contributed by atoms with Crippen molar-refractivity contribution in [1.82, 2.24) is 5.32 Å². The second kappa shape index (κ2) is 5.75.